The molecule has 2 aromatic rings. The molecule has 1 aromatic carbocycles. The molecule has 0 aliphatic rings. The minimum absolute atomic E-state index is 0. The van der Waals surface area contributed by atoms with Crippen LogP contribution < -0.4 is 5.73 Å². The highest BCUT2D eigenvalue weighted by atomic mass is 35.5. The Morgan fingerprint density at radius 1 is 1.47 bits per heavy atom. The van der Waals surface area contributed by atoms with Gasteiger partial charge in [0.25, 0.3) is 0 Å². The molecule has 0 aliphatic heterocycles. The second-order valence-corrected chi connectivity index (χ2v) is 4.29. The Morgan fingerprint density at radius 3 is 2.80 bits per heavy atom. The monoisotopic (exact) mass is 240 g/mol. The van der Waals surface area contributed by atoms with E-state index in [1.807, 2.05) is 6.07 Å². The number of aryl methyl sites for hydroxylation is 1. The van der Waals surface area contributed by atoms with E-state index >= 15 is 0 Å². The number of thiophene rings is 1. The van der Waals surface area contributed by atoms with Gasteiger partial charge in [0.05, 0.1) is 4.88 Å². The molecule has 4 heteroatoms. The number of nitrogens with two attached hydrogens (primary N) is 1. The third kappa shape index (κ3) is 2.13. The zero-order chi connectivity index (χ0) is 10.1. The lowest BCUT2D eigenvalue weighted by Gasteiger charge is -1.96. The van der Waals surface area contributed by atoms with Gasteiger partial charge in [-0.25, -0.2) is 0 Å². The summed E-state index contributed by atoms with van der Waals surface area (Å²) in [4.78, 5) is 0.862. The maximum atomic E-state index is 7.38. The zero-order valence-corrected chi connectivity index (χ0v) is 10.0. The molecule has 0 unspecified atom stereocenters. The van der Waals surface area contributed by atoms with Crippen LogP contribution >= 0.6 is 23.7 Å². The highest BCUT2D eigenvalue weighted by molar-refractivity contribution is 7.20. The number of nitrogens with one attached hydrogen (secondary N) is 1. The smallest absolute Gasteiger partial charge is 0.133 e. The summed E-state index contributed by atoms with van der Waals surface area (Å²) in [6.07, 6.45) is 1.02. The summed E-state index contributed by atoms with van der Waals surface area (Å²) in [5, 5.41) is 8.62. The number of benzene rings is 1. The average Bonchev–Trinajstić information content (AvgIpc) is 2.60. The van der Waals surface area contributed by atoms with Crippen molar-refractivity contribution < 1.29 is 0 Å². The first-order valence-electron chi connectivity index (χ1n) is 4.58. The van der Waals surface area contributed by atoms with E-state index in [-0.39, 0.29) is 18.2 Å². The molecule has 0 atom stereocenters. The molecule has 0 amide bonds. The zero-order valence-electron chi connectivity index (χ0n) is 8.41. The van der Waals surface area contributed by atoms with Crippen LogP contribution in [-0.4, -0.2) is 5.84 Å². The molecule has 0 radical (unpaired) electrons. The number of rotatable bonds is 2. The first-order chi connectivity index (χ1) is 6.72. The molecule has 2 rings (SSSR count). The normalized spacial score (nSPS) is 9.93. The number of hydrogen-bond acceptors (Lipinski definition) is 2. The Labute approximate surface area is 99.0 Å². The van der Waals surface area contributed by atoms with Crippen LogP contribution in [0.3, 0.4) is 0 Å². The molecule has 15 heavy (non-hydrogen) atoms. The summed E-state index contributed by atoms with van der Waals surface area (Å²) in [5.41, 5.74) is 6.79. The van der Waals surface area contributed by atoms with Gasteiger partial charge in [-0.2, -0.15) is 0 Å². The second kappa shape index (κ2) is 4.64. The highest BCUT2D eigenvalue weighted by Gasteiger charge is 2.06. The van der Waals surface area contributed by atoms with E-state index < -0.39 is 0 Å². The predicted molar refractivity (Wildman–Crippen MR) is 69.5 cm³/mol. The molecule has 2 nitrogen and oxygen atoms in total. The number of nitrogen functional groups attached to an aromatic ring is 1. The molecular weight excluding hydrogens is 228 g/mol. The molecular formula is C11H13ClN2S. The average molecular weight is 241 g/mol. The highest BCUT2D eigenvalue weighted by Crippen LogP contribution is 2.28. The standard InChI is InChI=1S/C11H12N2S.ClH/c1-2-7-4-3-5-9-8(7)6-10(14-9)11(12)13;/h3-6H,2H2,1H3,(H3,12,13);1H. The number of halogens is 1. The van der Waals surface area contributed by atoms with E-state index in [1.54, 1.807) is 11.3 Å². The van der Waals surface area contributed by atoms with E-state index in [2.05, 4.69) is 25.1 Å². The summed E-state index contributed by atoms with van der Waals surface area (Å²) < 4.78 is 1.22. The lowest BCUT2D eigenvalue weighted by atomic mass is 10.1. The Morgan fingerprint density at radius 2 is 2.20 bits per heavy atom. The Bertz CT molecular complexity index is 490. The van der Waals surface area contributed by atoms with Crippen molar-refractivity contribution in [2.24, 2.45) is 5.73 Å². The molecule has 0 fully saturated rings. The molecule has 0 aliphatic carbocycles. The van der Waals surface area contributed by atoms with Crippen molar-refractivity contribution in [3.05, 3.63) is 34.7 Å². The third-order valence-electron chi connectivity index (χ3n) is 2.30. The fourth-order valence-corrected chi connectivity index (χ4v) is 2.53. The quantitative estimate of drug-likeness (QED) is 0.615. The van der Waals surface area contributed by atoms with Gasteiger partial charge in [0.1, 0.15) is 5.84 Å². The summed E-state index contributed by atoms with van der Waals surface area (Å²) in [5.74, 6) is 0.160. The first-order valence-corrected chi connectivity index (χ1v) is 5.40. The van der Waals surface area contributed by atoms with Gasteiger partial charge in [0.2, 0.25) is 0 Å². The van der Waals surface area contributed by atoms with E-state index in [9.17, 15) is 0 Å². The number of amidine groups is 1. The maximum absolute atomic E-state index is 7.38. The predicted octanol–water partition coefficient (Wildman–Crippen LogP) is 3.17. The van der Waals surface area contributed by atoms with Crippen LogP contribution in [0.25, 0.3) is 10.1 Å². The van der Waals surface area contributed by atoms with Gasteiger partial charge in [0, 0.05) is 4.70 Å². The Balaban J connectivity index is 0.00000112. The molecule has 80 valence electrons. The molecule has 1 heterocycles. The van der Waals surface area contributed by atoms with Crippen LogP contribution in [0.15, 0.2) is 24.3 Å². The number of fused-ring (bicyclic) bond motifs is 1. The van der Waals surface area contributed by atoms with E-state index in [0.29, 0.717) is 0 Å². The number of hydrogen-bond donors (Lipinski definition) is 2. The fraction of sp³-hybridized carbons (Fsp3) is 0.182. The lowest BCUT2D eigenvalue weighted by Crippen LogP contribution is -2.08. The van der Waals surface area contributed by atoms with Gasteiger partial charge in [0.15, 0.2) is 0 Å². The topological polar surface area (TPSA) is 49.9 Å². The Hall–Kier alpha value is -1.06. The molecule has 0 spiro atoms. The van der Waals surface area contributed by atoms with Crippen molar-refractivity contribution in [2.75, 3.05) is 0 Å². The van der Waals surface area contributed by atoms with Gasteiger partial charge in [-0.1, -0.05) is 19.1 Å². The largest absolute Gasteiger partial charge is 0.383 e. The molecule has 0 bridgehead atoms. The summed E-state index contributed by atoms with van der Waals surface area (Å²) in [7, 11) is 0. The van der Waals surface area contributed by atoms with Gasteiger partial charge in [-0.15, -0.1) is 23.7 Å². The van der Waals surface area contributed by atoms with E-state index in [1.165, 1.54) is 15.6 Å². The second-order valence-electron chi connectivity index (χ2n) is 3.21. The lowest BCUT2D eigenvalue weighted by molar-refractivity contribution is 1.16. The molecule has 0 saturated carbocycles. The minimum atomic E-state index is 0. The molecule has 0 saturated heterocycles. The van der Waals surface area contributed by atoms with Crippen molar-refractivity contribution >= 4 is 39.7 Å². The van der Waals surface area contributed by atoms with Crippen LogP contribution in [0, 0.1) is 5.41 Å². The van der Waals surface area contributed by atoms with Gasteiger partial charge in [-0.05, 0) is 29.5 Å². The molecule has 3 N–H and O–H groups in total. The van der Waals surface area contributed by atoms with Crippen molar-refractivity contribution in [3.8, 4) is 0 Å². The molecule has 1 aromatic heterocycles. The summed E-state index contributed by atoms with van der Waals surface area (Å²) in [6.45, 7) is 2.14. The Kier molecular flexibility index (Phi) is 3.72. The minimum Gasteiger partial charge on any atom is -0.383 e. The fourth-order valence-electron chi connectivity index (χ4n) is 1.56. The SMILES string of the molecule is CCc1cccc2sc(C(=N)N)cc12.Cl. The first kappa shape index (κ1) is 12.0. The van der Waals surface area contributed by atoms with Crippen LogP contribution in [0.2, 0.25) is 0 Å². The van der Waals surface area contributed by atoms with Crippen LogP contribution in [0.5, 0.6) is 0 Å². The van der Waals surface area contributed by atoms with Crippen molar-refractivity contribution in [1.29, 1.82) is 5.41 Å². The summed E-state index contributed by atoms with van der Waals surface area (Å²) >= 11 is 1.59. The van der Waals surface area contributed by atoms with Gasteiger partial charge < -0.3 is 5.73 Å². The van der Waals surface area contributed by atoms with Gasteiger partial charge in [-0.3, -0.25) is 5.41 Å². The van der Waals surface area contributed by atoms with Crippen LogP contribution in [0.1, 0.15) is 17.4 Å². The van der Waals surface area contributed by atoms with E-state index in [4.69, 9.17) is 11.1 Å². The van der Waals surface area contributed by atoms with Gasteiger partial charge >= 0.3 is 0 Å². The van der Waals surface area contributed by atoms with Crippen LogP contribution in [0.4, 0.5) is 0 Å². The van der Waals surface area contributed by atoms with Crippen molar-refractivity contribution in [3.63, 3.8) is 0 Å². The third-order valence-corrected chi connectivity index (χ3v) is 3.43. The summed E-state index contributed by atoms with van der Waals surface area (Å²) in [6, 6.07) is 8.27. The van der Waals surface area contributed by atoms with Crippen LogP contribution in [-0.2, 0) is 6.42 Å². The van der Waals surface area contributed by atoms with Crippen molar-refractivity contribution in [2.45, 2.75) is 13.3 Å². The maximum Gasteiger partial charge on any atom is 0.133 e. The van der Waals surface area contributed by atoms with E-state index in [0.717, 1.165) is 11.3 Å². The van der Waals surface area contributed by atoms with Crippen molar-refractivity contribution in [1.82, 2.24) is 0 Å².